The number of fused-ring (bicyclic) bond motifs is 1. The van der Waals surface area contributed by atoms with Crippen LogP contribution in [0, 0.1) is 6.92 Å². The molecule has 3 aromatic rings. The molecule has 92 valence electrons. The van der Waals surface area contributed by atoms with E-state index in [9.17, 15) is 0 Å². The van der Waals surface area contributed by atoms with Crippen molar-refractivity contribution in [1.29, 1.82) is 0 Å². The zero-order chi connectivity index (χ0) is 12.7. The first-order valence-corrected chi connectivity index (χ1v) is 6.84. The fraction of sp³-hybridized carbons (Fsp3) is 0.143. The third kappa shape index (κ3) is 2.05. The Bertz CT molecular complexity index is 701. The molecule has 0 aliphatic rings. The predicted molar refractivity (Wildman–Crippen MR) is 76.3 cm³/mol. The smallest absolute Gasteiger partial charge is 0.134 e. The summed E-state index contributed by atoms with van der Waals surface area (Å²) in [4.78, 5) is 1.01. The number of furan rings is 1. The van der Waals surface area contributed by atoms with Crippen molar-refractivity contribution in [1.82, 2.24) is 0 Å². The molecule has 0 fully saturated rings. The summed E-state index contributed by atoms with van der Waals surface area (Å²) >= 11 is 7.41. The third-order valence-electron chi connectivity index (χ3n) is 2.90. The minimum absolute atomic E-state index is 0.254. The molecule has 4 heteroatoms. The number of nitrogens with two attached hydrogens (primary N) is 1. The van der Waals surface area contributed by atoms with Gasteiger partial charge in [0.2, 0.25) is 0 Å². The Morgan fingerprint density at radius 1 is 1.22 bits per heavy atom. The highest BCUT2D eigenvalue weighted by atomic mass is 35.5. The van der Waals surface area contributed by atoms with Gasteiger partial charge in [0.15, 0.2) is 0 Å². The van der Waals surface area contributed by atoms with Crippen LogP contribution in [-0.2, 0) is 0 Å². The maximum Gasteiger partial charge on any atom is 0.134 e. The number of hydrogen-bond acceptors (Lipinski definition) is 3. The molecule has 0 amide bonds. The van der Waals surface area contributed by atoms with Crippen LogP contribution in [-0.4, -0.2) is 0 Å². The molecule has 18 heavy (non-hydrogen) atoms. The standard InChI is InChI=1S/C14H12ClNOS/c1-8-2-3-10-9(6-8)7-11(17-10)14(16)12-4-5-13(15)18-12/h2-7,14H,16H2,1H3. The lowest BCUT2D eigenvalue weighted by Crippen LogP contribution is -2.08. The van der Waals surface area contributed by atoms with Gasteiger partial charge in [0, 0.05) is 10.3 Å². The van der Waals surface area contributed by atoms with E-state index >= 15 is 0 Å². The first kappa shape index (κ1) is 11.8. The van der Waals surface area contributed by atoms with Crippen LogP contribution < -0.4 is 5.73 Å². The molecule has 2 N–H and O–H groups in total. The summed E-state index contributed by atoms with van der Waals surface area (Å²) in [5, 5.41) is 1.09. The van der Waals surface area contributed by atoms with Crippen LogP contribution >= 0.6 is 22.9 Å². The molecule has 0 saturated heterocycles. The molecular formula is C14H12ClNOS. The van der Waals surface area contributed by atoms with Gasteiger partial charge in [0.05, 0.1) is 10.4 Å². The Morgan fingerprint density at radius 2 is 2.06 bits per heavy atom. The van der Waals surface area contributed by atoms with Crippen LogP contribution in [0.1, 0.15) is 22.2 Å². The fourth-order valence-corrected chi connectivity index (χ4v) is 3.04. The largest absolute Gasteiger partial charge is 0.459 e. The zero-order valence-electron chi connectivity index (χ0n) is 9.81. The van der Waals surface area contributed by atoms with Crippen molar-refractivity contribution in [2.45, 2.75) is 13.0 Å². The molecule has 0 bridgehead atoms. The minimum atomic E-state index is -0.254. The van der Waals surface area contributed by atoms with Gasteiger partial charge in [0.1, 0.15) is 11.3 Å². The summed E-state index contributed by atoms with van der Waals surface area (Å²) in [7, 11) is 0. The summed E-state index contributed by atoms with van der Waals surface area (Å²) in [6.07, 6.45) is 0. The predicted octanol–water partition coefficient (Wildman–Crippen LogP) is 4.50. The van der Waals surface area contributed by atoms with E-state index < -0.39 is 0 Å². The minimum Gasteiger partial charge on any atom is -0.459 e. The quantitative estimate of drug-likeness (QED) is 0.749. The second-order valence-electron chi connectivity index (χ2n) is 4.31. The summed E-state index contributed by atoms with van der Waals surface area (Å²) in [6, 6.07) is 11.6. The first-order valence-electron chi connectivity index (χ1n) is 5.64. The third-order valence-corrected chi connectivity index (χ3v) is 4.21. The first-order chi connectivity index (χ1) is 8.63. The van der Waals surface area contributed by atoms with Gasteiger partial charge in [-0.15, -0.1) is 11.3 Å². The Labute approximate surface area is 114 Å². The van der Waals surface area contributed by atoms with Crippen LogP contribution in [0.2, 0.25) is 4.34 Å². The van der Waals surface area contributed by atoms with Gasteiger partial charge in [0.25, 0.3) is 0 Å². The molecule has 3 rings (SSSR count). The Morgan fingerprint density at radius 3 is 2.78 bits per heavy atom. The molecule has 1 aromatic carbocycles. The molecule has 0 aliphatic heterocycles. The van der Waals surface area contributed by atoms with Gasteiger partial charge in [-0.1, -0.05) is 23.2 Å². The fourth-order valence-electron chi connectivity index (χ4n) is 1.97. The normalized spacial score (nSPS) is 13.1. The molecule has 0 radical (unpaired) electrons. The molecule has 0 aliphatic carbocycles. The Balaban J connectivity index is 2.03. The van der Waals surface area contributed by atoms with Crippen molar-refractivity contribution < 1.29 is 4.42 Å². The van der Waals surface area contributed by atoms with E-state index in [0.717, 1.165) is 25.9 Å². The Hall–Kier alpha value is -1.29. The van der Waals surface area contributed by atoms with Crippen molar-refractivity contribution in [2.24, 2.45) is 5.73 Å². The number of hydrogen-bond donors (Lipinski definition) is 1. The van der Waals surface area contributed by atoms with Crippen molar-refractivity contribution in [2.75, 3.05) is 0 Å². The van der Waals surface area contributed by atoms with Gasteiger partial charge in [-0.2, -0.15) is 0 Å². The summed E-state index contributed by atoms with van der Waals surface area (Å²) in [5.41, 5.74) is 8.27. The number of thiophene rings is 1. The van der Waals surface area contributed by atoms with Crippen molar-refractivity contribution in [3.63, 3.8) is 0 Å². The number of aryl methyl sites for hydroxylation is 1. The van der Waals surface area contributed by atoms with Gasteiger partial charge in [-0.3, -0.25) is 0 Å². The highest BCUT2D eigenvalue weighted by Crippen LogP contribution is 2.32. The van der Waals surface area contributed by atoms with Crippen molar-refractivity contribution in [3.8, 4) is 0 Å². The Kier molecular flexibility index (Phi) is 2.90. The molecule has 2 aromatic heterocycles. The SMILES string of the molecule is Cc1ccc2oc(C(N)c3ccc(Cl)s3)cc2c1. The van der Waals surface area contributed by atoms with Gasteiger partial charge < -0.3 is 10.2 Å². The van der Waals surface area contributed by atoms with E-state index in [0.29, 0.717) is 0 Å². The summed E-state index contributed by atoms with van der Waals surface area (Å²) in [5.74, 6) is 0.772. The second kappa shape index (κ2) is 4.43. The van der Waals surface area contributed by atoms with E-state index in [-0.39, 0.29) is 6.04 Å². The molecule has 2 nitrogen and oxygen atoms in total. The number of rotatable bonds is 2. The molecule has 0 spiro atoms. The molecule has 1 unspecified atom stereocenters. The van der Waals surface area contributed by atoms with E-state index in [1.165, 1.54) is 16.9 Å². The van der Waals surface area contributed by atoms with Crippen LogP contribution in [0.3, 0.4) is 0 Å². The lowest BCUT2D eigenvalue weighted by molar-refractivity contribution is 0.528. The van der Waals surface area contributed by atoms with E-state index in [4.69, 9.17) is 21.8 Å². The average Bonchev–Trinajstić information content (AvgIpc) is 2.93. The van der Waals surface area contributed by atoms with Gasteiger partial charge in [-0.05, 0) is 37.3 Å². The van der Waals surface area contributed by atoms with E-state index in [2.05, 4.69) is 13.0 Å². The lowest BCUT2D eigenvalue weighted by atomic mass is 10.1. The topological polar surface area (TPSA) is 39.2 Å². The van der Waals surface area contributed by atoms with E-state index in [1.54, 1.807) is 0 Å². The molecule has 1 atom stereocenters. The van der Waals surface area contributed by atoms with Crippen LogP contribution in [0.15, 0.2) is 40.8 Å². The number of halogens is 1. The highest BCUT2D eigenvalue weighted by Gasteiger charge is 2.16. The lowest BCUT2D eigenvalue weighted by Gasteiger charge is -2.04. The molecule has 0 saturated carbocycles. The van der Waals surface area contributed by atoms with E-state index in [1.807, 2.05) is 30.3 Å². The number of benzene rings is 1. The highest BCUT2D eigenvalue weighted by molar-refractivity contribution is 7.16. The van der Waals surface area contributed by atoms with Gasteiger partial charge in [-0.25, -0.2) is 0 Å². The van der Waals surface area contributed by atoms with Crippen LogP contribution in [0.25, 0.3) is 11.0 Å². The zero-order valence-corrected chi connectivity index (χ0v) is 11.4. The molecule has 2 heterocycles. The monoisotopic (exact) mass is 277 g/mol. The summed E-state index contributed by atoms with van der Waals surface area (Å²) in [6.45, 7) is 2.06. The average molecular weight is 278 g/mol. The van der Waals surface area contributed by atoms with Crippen LogP contribution in [0.5, 0.6) is 0 Å². The van der Waals surface area contributed by atoms with Gasteiger partial charge >= 0.3 is 0 Å². The van der Waals surface area contributed by atoms with Crippen molar-refractivity contribution in [3.05, 3.63) is 56.9 Å². The maximum absolute atomic E-state index is 6.19. The second-order valence-corrected chi connectivity index (χ2v) is 6.06. The van der Waals surface area contributed by atoms with Crippen molar-refractivity contribution >= 4 is 33.9 Å². The maximum atomic E-state index is 6.19. The summed E-state index contributed by atoms with van der Waals surface area (Å²) < 4.78 is 6.53. The molecular weight excluding hydrogens is 266 g/mol. The van der Waals surface area contributed by atoms with Crippen LogP contribution in [0.4, 0.5) is 0 Å².